The molecule has 3 heteroatoms. The molecule has 1 aliphatic rings. The molecule has 0 spiro atoms. The van der Waals surface area contributed by atoms with Gasteiger partial charge < -0.3 is 10.1 Å². The Morgan fingerprint density at radius 3 is 2.89 bits per heavy atom. The molecule has 1 fully saturated rings. The summed E-state index contributed by atoms with van der Waals surface area (Å²) in [6, 6.07) is 5.41. The molecule has 0 bridgehead atoms. The van der Waals surface area contributed by atoms with Crippen molar-refractivity contribution in [1.82, 2.24) is 5.32 Å². The minimum Gasteiger partial charge on any atom is -0.494 e. The van der Waals surface area contributed by atoms with Gasteiger partial charge in [-0.3, -0.25) is 0 Å². The minimum absolute atomic E-state index is 0.0853. The maximum absolute atomic E-state index is 14.2. The maximum Gasteiger partial charge on any atom is 0.168 e. The molecule has 1 N–H and O–H groups in total. The zero-order valence-electron chi connectivity index (χ0n) is 11.3. The van der Waals surface area contributed by atoms with Crippen LogP contribution in [0.2, 0.25) is 0 Å². The van der Waals surface area contributed by atoms with Crippen LogP contribution in [0.5, 0.6) is 5.75 Å². The lowest BCUT2D eigenvalue weighted by Crippen LogP contribution is -2.42. The Balaban J connectivity index is 2.21. The van der Waals surface area contributed by atoms with Crippen molar-refractivity contribution in [3.8, 4) is 5.75 Å². The fourth-order valence-electron chi connectivity index (χ4n) is 3.01. The minimum atomic E-state index is -0.204. The Labute approximate surface area is 109 Å². The van der Waals surface area contributed by atoms with Crippen LogP contribution >= 0.6 is 0 Å². The van der Waals surface area contributed by atoms with Crippen LogP contribution in [0.15, 0.2) is 18.2 Å². The molecular formula is C15H22FNO. The fourth-order valence-corrected chi connectivity index (χ4v) is 3.01. The van der Waals surface area contributed by atoms with E-state index in [1.807, 2.05) is 12.1 Å². The highest BCUT2D eigenvalue weighted by molar-refractivity contribution is 5.32. The van der Waals surface area contributed by atoms with Crippen LogP contribution in [0, 0.1) is 5.82 Å². The lowest BCUT2D eigenvalue weighted by Gasteiger charge is -2.29. The van der Waals surface area contributed by atoms with E-state index in [2.05, 4.69) is 12.2 Å². The third-order valence-electron chi connectivity index (χ3n) is 3.85. The molecule has 1 aromatic rings. The highest BCUT2D eigenvalue weighted by atomic mass is 19.1. The lowest BCUT2D eigenvalue weighted by molar-refractivity contribution is 0.332. The monoisotopic (exact) mass is 251 g/mol. The second kappa shape index (κ2) is 5.70. The van der Waals surface area contributed by atoms with E-state index in [0.717, 1.165) is 37.8 Å². The summed E-state index contributed by atoms with van der Waals surface area (Å²) in [7, 11) is 1.51. The van der Waals surface area contributed by atoms with Crippen molar-refractivity contribution in [2.24, 2.45) is 0 Å². The van der Waals surface area contributed by atoms with Gasteiger partial charge in [0.1, 0.15) is 0 Å². The van der Waals surface area contributed by atoms with Crippen LogP contribution in [0.3, 0.4) is 0 Å². The van der Waals surface area contributed by atoms with Gasteiger partial charge in [-0.25, -0.2) is 4.39 Å². The zero-order valence-corrected chi connectivity index (χ0v) is 11.3. The number of methoxy groups -OCH3 is 1. The van der Waals surface area contributed by atoms with Gasteiger partial charge in [-0.2, -0.15) is 0 Å². The van der Waals surface area contributed by atoms with Crippen LogP contribution in [0.25, 0.3) is 0 Å². The standard InChI is InChI=1S/C15H22FNO/c1-3-8-15(9-5-10-17-15)11-12-6-4-7-13(18-2)14(12)16/h4,6-7,17H,3,5,8-11H2,1-2H3. The van der Waals surface area contributed by atoms with E-state index in [1.54, 1.807) is 6.07 Å². The molecule has 100 valence electrons. The highest BCUT2D eigenvalue weighted by Gasteiger charge is 2.33. The fraction of sp³-hybridized carbons (Fsp3) is 0.600. The molecule has 1 saturated heterocycles. The number of ether oxygens (including phenoxy) is 1. The summed E-state index contributed by atoms with van der Waals surface area (Å²) < 4.78 is 19.2. The summed E-state index contributed by atoms with van der Waals surface area (Å²) in [5, 5.41) is 3.58. The maximum atomic E-state index is 14.2. The molecule has 0 amide bonds. The lowest BCUT2D eigenvalue weighted by atomic mass is 9.85. The van der Waals surface area contributed by atoms with Crippen LogP contribution in [0.1, 0.15) is 38.2 Å². The van der Waals surface area contributed by atoms with Gasteiger partial charge in [-0.05, 0) is 43.9 Å². The summed E-state index contributed by atoms with van der Waals surface area (Å²) in [5.74, 6) is 0.140. The van der Waals surface area contributed by atoms with Crippen LogP contribution in [0.4, 0.5) is 4.39 Å². The molecule has 0 aliphatic carbocycles. The molecule has 1 heterocycles. The van der Waals surface area contributed by atoms with E-state index in [9.17, 15) is 4.39 Å². The Bertz CT molecular complexity index is 399. The van der Waals surface area contributed by atoms with Gasteiger partial charge in [0, 0.05) is 5.54 Å². The smallest absolute Gasteiger partial charge is 0.168 e. The predicted molar refractivity (Wildman–Crippen MR) is 71.5 cm³/mol. The van der Waals surface area contributed by atoms with Crippen molar-refractivity contribution in [1.29, 1.82) is 0 Å². The summed E-state index contributed by atoms with van der Waals surface area (Å²) in [6.07, 6.45) is 5.30. The molecule has 2 nitrogen and oxygen atoms in total. The van der Waals surface area contributed by atoms with E-state index in [0.29, 0.717) is 5.75 Å². The number of hydrogen-bond acceptors (Lipinski definition) is 2. The number of nitrogens with one attached hydrogen (secondary N) is 1. The molecule has 1 atom stereocenters. The summed E-state index contributed by atoms with van der Waals surface area (Å²) in [4.78, 5) is 0. The zero-order chi connectivity index (χ0) is 13.0. The van der Waals surface area contributed by atoms with E-state index in [-0.39, 0.29) is 11.4 Å². The third kappa shape index (κ3) is 2.66. The van der Waals surface area contributed by atoms with Gasteiger partial charge in [-0.1, -0.05) is 25.5 Å². The summed E-state index contributed by atoms with van der Waals surface area (Å²) >= 11 is 0. The number of benzene rings is 1. The second-order valence-electron chi connectivity index (χ2n) is 5.17. The SMILES string of the molecule is CCCC1(Cc2cccc(OC)c2F)CCCN1. The van der Waals surface area contributed by atoms with Crippen LogP contribution < -0.4 is 10.1 Å². The Morgan fingerprint density at radius 1 is 1.44 bits per heavy atom. The summed E-state index contributed by atoms with van der Waals surface area (Å²) in [6.45, 7) is 3.23. The first-order chi connectivity index (χ1) is 8.71. The first-order valence-corrected chi connectivity index (χ1v) is 6.77. The van der Waals surface area contributed by atoms with Gasteiger partial charge in [0.05, 0.1) is 7.11 Å². The van der Waals surface area contributed by atoms with E-state index in [4.69, 9.17) is 4.74 Å². The van der Waals surface area contributed by atoms with Crippen molar-refractivity contribution in [3.05, 3.63) is 29.6 Å². The molecule has 0 saturated carbocycles. The van der Waals surface area contributed by atoms with E-state index in [1.165, 1.54) is 13.5 Å². The molecule has 2 rings (SSSR count). The first-order valence-electron chi connectivity index (χ1n) is 6.77. The van der Waals surface area contributed by atoms with Crippen molar-refractivity contribution >= 4 is 0 Å². The Hall–Kier alpha value is -1.09. The first kappa shape index (κ1) is 13.3. The Morgan fingerprint density at radius 2 is 2.28 bits per heavy atom. The molecule has 0 radical (unpaired) electrons. The molecular weight excluding hydrogens is 229 g/mol. The van der Waals surface area contributed by atoms with Crippen LogP contribution in [-0.2, 0) is 6.42 Å². The van der Waals surface area contributed by atoms with Crippen molar-refractivity contribution < 1.29 is 9.13 Å². The molecule has 0 aromatic heterocycles. The van der Waals surface area contributed by atoms with Gasteiger partial charge in [0.25, 0.3) is 0 Å². The van der Waals surface area contributed by atoms with Gasteiger partial charge >= 0.3 is 0 Å². The van der Waals surface area contributed by atoms with E-state index >= 15 is 0 Å². The predicted octanol–water partition coefficient (Wildman–Crippen LogP) is 3.30. The second-order valence-corrected chi connectivity index (χ2v) is 5.17. The average Bonchev–Trinajstić information content (AvgIpc) is 2.81. The number of hydrogen-bond donors (Lipinski definition) is 1. The molecule has 1 aliphatic heterocycles. The Kier molecular flexibility index (Phi) is 4.23. The van der Waals surface area contributed by atoms with Gasteiger partial charge in [-0.15, -0.1) is 0 Å². The molecule has 1 aromatic carbocycles. The quantitative estimate of drug-likeness (QED) is 0.867. The van der Waals surface area contributed by atoms with Crippen LogP contribution in [-0.4, -0.2) is 19.2 Å². The normalized spacial score (nSPS) is 23.3. The largest absolute Gasteiger partial charge is 0.494 e. The topological polar surface area (TPSA) is 21.3 Å². The van der Waals surface area contributed by atoms with Crippen molar-refractivity contribution in [2.45, 2.75) is 44.6 Å². The van der Waals surface area contributed by atoms with Gasteiger partial charge in [0.15, 0.2) is 11.6 Å². The van der Waals surface area contributed by atoms with Crippen molar-refractivity contribution in [3.63, 3.8) is 0 Å². The van der Waals surface area contributed by atoms with Crippen molar-refractivity contribution in [2.75, 3.05) is 13.7 Å². The highest BCUT2D eigenvalue weighted by Crippen LogP contribution is 2.31. The molecule has 18 heavy (non-hydrogen) atoms. The third-order valence-corrected chi connectivity index (χ3v) is 3.85. The van der Waals surface area contributed by atoms with E-state index < -0.39 is 0 Å². The number of halogens is 1. The average molecular weight is 251 g/mol. The van der Waals surface area contributed by atoms with Gasteiger partial charge in [0.2, 0.25) is 0 Å². The summed E-state index contributed by atoms with van der Waals surface area (Å²) in [5.41, 5.74) is 0.847. The molecule has 1 unspecified atom stereocenters. The number of rotatable bonds is 5.